The molecule has 8 heteroatoms. The number of benzene rings is 2. The molecule has 1 saturated heterocycles. The number of methoxy groups -OCH3 is 3. The van der Waals surface area contributed by atoms with Crippen LogP contribution < -0.4 is 30.2 Å². The number of aryl methyl sites for hydroxylation is 1. The Kier molecular flexibility index (Phi) is 5.81. The van der Waals surface area contributed by atoms with Gasteiger partial charge in [-0.1, -0.05) is 6.07 Å². The molecule has 2 amide bonds. The fraction of sp³-hybridized carbons (Fsp3) is 0.333. The van der Waals surface area contributed by atoms with E-state index in [-0.39, 0.29) is 24.8 Å². The van der Waals surface area contributed by atoms with Gasteiger partial charge in [0.15, 0.2) is 11.5 Å². The summed E-state index contributed by atoms with van der Waals surface area (Å²) in [4.78, 5) is 26.9. The molecule has 1 heterocycles. The number of hydrogen-bond acceptors (Lipinski definition) is 6. The Morgan fingerprint density at radius 3 is 2.34 bits per heavy atom. The molecule has 154 valence electrons. The van der Waals surface area contributed by atoms with E-state index in [9.17, 15) is 9.59 Å². The number of hydrogen-bond donors (Lipinski definition) is 2. The molecule has 0 radical (unpaired) electrons. The second-order valence-corrected chi connectivity index (χ2v) is 6.85. The zero-order valence-corrected chi connectivity index (χ0v) is 16.9. The SMILES string of the molecule is COc1cc(N2CC(C(=O)Nc3cc(N)ccc3C)CC2=O)cc(OC)c1OC. The highest BCUT2D eigenvalue weighted by atomic mass is 16.5. The van der Waals surface area contributed by atoms with Crippen LogP contribution in [0.3, 0.4) is 0 Å². The summed E-state index contributed by atoms with van der Waals surface area (Å²) in [5.74, 6) is 0.473. The van der Waals surface area contributed by atoms with Crippen LogP contribution >= 0.6 is 0 Å². The molecule has 0 aliphatic carbocycles. The smallest absolute Gasteiger partial charge is 0.229 e. The highest BCUT2D eigenvalue weighted by Crippen LogP contribution is 2.42. The minimum atomic E-state index is -0.484. The molecule has 3 rings (SSSR count). The number of nitrogens with two attached hydrogens (primary N) is 1. The van der Waals surface area contributed by atoms with E-state index in [1.807, 2.05) is 13.0 Å². The summed E-state index contributed by atoms with van der Waals surface area (Å²) < 4.78 is 16.0. The number of carbonyl (C=O) groups excluding carboxylic acids is 2. The van der Waals surface area contributed by atoms with Gasteiger partial charge >= 0.3 is 0 Å². The third-order valence-electron chi connectivity index (χ3n) is 4.98. The molecule has 2 aromatic rings. The van der Waals surface area contributed by atoms with Crippen LogP contribution in [-0.4, -0.2) is 39.7 Å². The molecule has 1 unspecified atom stereocenters. The van der Waals surface area contributed by atoms with Crippen molar-refractivity contribution in [2.75, 3.05) is 43.8 Å². The van der Waals surface area contributed by atoms with Gasteiger partial charge in [0.2, 0.25) is 17.6 Å². The number of anilines is 3. The number of ether oxygens (including phenoxy) is 3. The molecule has 8 nitrogen and oxygen atoms in total. The number of amides is 2. The first kappa shape index (κ1) is 20.3. The van der Waals surface area contributed by atoms with Gasteiger partial charge < -0.3 is 30.2 Å². The van der Waals surface area contributed by atoms with Gasteiger partial charge in [0, 0.05) is 36.5 Å². The molecule has 1 fully saturated rings. The van der Waals surface area contributed by atoms with E-state index in [0.29, 0.717) is 34.3 Å². The lowest BCUT2D eigenvalue weighted by molar-refractivity contribution is -0.122. The third kappa shape index (κ3) is 4.06. The standard InChI is InChI=1S/C21H25N3O5/c1-12-5-6-14(22)8-16(12)23-21(26)13-7-19(25)24(11-13)15-9-17(27-2)20(29-4)18(10-15)28-3/h5-6,8-10,13H,7,11,22H2,1-4H3,(H,23,26). The Morgan fingerprint density at radius 2 is 1.76 bits per heavy atom. The van der Waals surface area contributed by atoms with Gasteiger partial charge in [-0.3, -0.25) is 9.59 Å². The van der Waals surface area contributed by atoms with Crippen LogP contribution in [0.5, 0.6) is 17.2 Å². The average Bonchev–Trinajstić information content (AvgIpc) is 3.11. The zero-order valence-electron chi connectivity index (χ0n) is 16.9. The fourth-order valence-electron chi connectivity index (χ4n) is 3.36. The summed E-state index contributed by atoms with van der Waals surface area (Å²) >= 11 is 0. The Bertz CT molecular complexity index is 919. The molecule has 0 aromatic heterocycles. The van der Waals surface area contributed by atoms with E-state index < -0.39 is 5.92 Å². The maximum atomic E-state index is 12.7. The monoisotopic (exact) mass is 399 g/mol. The van der Waals surface area contributed by atoms with Gasteiger partial charge in [-0.25, -0.2) is 0 Å². The quantitative estimate of drug-likeness (QED) is 0.724. The number of carbonyl (C=O) groups is 2. The van der Waals surface area contributed by atoms with Crippen LogP contribution in [0.25, 0.3) is 0 Å². The second kappa shape index (κ2) is 8.30. The van der Waals surface area contributed by atoms with Crippen LogP contribution in [0.15, 0.2) is 30.3 Å². The lowest BCUT2D eigenvalue weighted by Gasteiger charge is -2.20. The first-order valence-electron chi connectivity index (χ1n) is 9.15. The van der Waals surface area contributed by atoms with E-state index in [4.69, 9.17) is 19.9 Å². The average molecular weight is 399 g/mol. The predicted octanol–water partition coefficient (Wildman–Crippen LogP) is 2.59. The summed E-state index contributed by atoms with van der Waals surface area (Å²) in [6.45, 7) is 2.14. The molecule has 1 aliphatic heterocycles. The summed E-state index contributed by atoms with van der Waals surface area (Å²) in [5, 5.41) is 2.88. The molecule has 1 atom stereocenters. The minimum Gasteiger partial charge on any atom is -0.493 e. The van der Waals surface area contributed by atoms with E-state index in [1.165, 1.54) is 21.3 Å². The zero-order chi connectivity index (χ0) is 21.1. The van der Waals surface area contributed by atoms with Crippen molar-refractivity contribution < 1.29 is 23.8 Å². The minimum absolute atomic E-state index is 0.115. The van der Waals surface area contributed by atoms with Crippen LogP contribution in [-0.2, 0) is 9.59 Å². The largest absolute Gasteiger partial charge is 0.493 e. The van der Waals surface area contributed by atoms with E-state index in [2.05, 4.69) is 5.32 Å². The molecular formula is C21H25N3O5. The van der Waals surface area contributed by atoms with E-state index in [1.54, 1.807) is 29.2 Å². The second-order valence-electron chi connectivity index (χ2n) is 6.85. The Balaban J connectivity index is 1.81. The van der Waals surface area contributed by atoms with E-state index in [0.717, 1.165) is 5.56 Å². The molecule has 0 spiro atoms. The van der Waals surface area contributed by atoms with Crippen LogP contribution in [0.4, 0.5) is 17.1 Å². The predicted molar refractivity (Wildman–Crippen MR) is 111 cm³/mol. The summed E-state index contributed by atoms with van der Waals surface area (Å²) in [7, 11) is 4.54. The van der Waals surface area contributed by atoms with Gasteiger partial charge in [0.05, 0.1) is 32.9 Å². The summed E-state index contributed by atoms with van der Waals surface area (Å²) in [6.07, 6.45) is 0.115. The van der Waals surface area contributed by atoms with Gasteiger partial charge in [-0.05, 0) is 24.6 Å². The third-order valence-corrected chi connectivity index (χ3v) is 4.98. The molecular weight excluding hydrogens is 374 g/mol. The van der Waals surface area contributed by atoms with Crippen molar-refractivity contribution in [2.45, 2.75) is 13.3 Å². The van der Waals surface area contributed by atoms with Crippen molar-refractivity contribution in [3.63, 3.8) is 0 Å². The Hall–Kier alpha value is -3.42. The van der Waals surface area contributed by atoms with Crippen LogP contribution in [0.1, 0.15) is 12.0 Å². The topological polar surface area (TPSA) is 103 Å². The van der Waals surface area contributed by atoms with Crippen LogP contribution in [0.2, 0.25) is 0 Å². The van der Waals surface area contributed by atoms with Crippen LogP contribution in [0, 0.1) is 12.8 Å². The Morgan fingerprint density at radius 1 is 1.10 bits per heavy atom. The normalized spacial score (nSPS) is 15.9. The lowest BCUT2D eigenvalue weighted by Crippen LogP contribution is -2.28. The number of rotatable bonds is 6. The first-order valence-corrected chi connectivity index (χ1v) is 9.15. The first-order chi connectivity index (χ1) is 13.9. The van der Waals surface area contributed by atoms with Crippen molar-refractivity contribution in [1.29, 1.82) is 0 Å². The molecule has 0 bridgehead atoms. The maximum absolute atomic E-state index is 12.7. The number of nitrogens with zero attached hydrogens (tertiary/aromatic N) is 1. The molecule has 0 saturated carbocycles. The highest BCUT2D eigenvalue weighted by Gasteiger charge is 2.36. The van der Waals surface area contributed by atoms with Crippen molar-refractivity contribution in [3.8, 4) is 17.2 Å². The molecule has 1 aliphatic rings. The highest BCUT2D eigenvalue weighted by molar-refractivity contribution is 6.04. The maximum Gasteiger partial charge on any atom is 0.229 e. The van der Waals surface area contributed by atoms with Gasteiger partial charge in [-0.15, -0.1) is 0 Å². The van der Waals surface area contributed by atoms with Gasteiger partial charge in [-0.2, -0.15) is 0 Å². The lowest BCUT2D eigenvalue weighted by atomic mass is 10.1. The van der Waals surface area contributed by atoms with Gasteiger partial charge in [0.25, 0.3) is 0 Å². The van der Waals surface area contributed by atoms with E-state index >= 15 is 0 Å². The Labute approximate surface area is 169 Å². The summed E-state index contributed by atoms with van der Waals surface area (Å²) in [6, 6.07) is 8.72. The molecule has 2 aromatic carbocycles. The molecule has 29 heavy (non-hydrogen) atoms. The van der Waals surface area contributed by atoms with Crippen molar-refractivity contribution in [2.24, 2.45) is 5.92 Å². The van der Waals surface area contributed by atoms with Crippen molar-refractivity contribution >= 4 is 28.9 Å². The van der Waals surface area contributed by atoms with Crippen molar-refractivity contribution in [1.82, 2.24) is 0 Å². The van der Waals surface area contributed by atoms with Crippen molar-refractivity contribution in [3.05, 3.63) is 35.9 Å². The number of nitrogens with one attached hydrogen (secondary N) is 1. The van der Waals surface area contributed by atoms with Gasteiger partial charge in [0.1, 0.15) is 0 Å². The fourth-order valence-corrected chi connectivity index (χ4v) is 3.36. The summed E-state index contributed by atoms with van der Waals surface area (Å²) in [5.41, 5.74) is 8.50. The molecule has 3 N–H and O–H groups in total. The number of nitrogen functional groups attached to an aromatic ring is 1.